The Morgan fingerprint density at radius 1 is 0.914 bits per heavy atom. The molecule has 0 N–H and O–H groups in total. The maximum absolute atomic E-state index is 12.4. The van der Waals surface area contributed by atoms with E-state index in [0.29, 0.717) is 30.6 Å². The van der Waals surface area contributed by atoms with Gasteiger partial charge in [0.15, 0.2) is 0 Å². The summed E-state index contributed by atoms with van der Waals surface area (Å²) in [5.41, 5.74) is 4.01. The van der Waals surface area contributed by atoms with Crippen LogP contribution in [0.3, 0.4) is 0 Å². The van der Waals surface area contributed by atoms with Crippen LogP contribution in [0.15, 0.2) is 79.1 Å². The molecule has 1 aromatic heterocycles. The summed E-state index contributed by atoms with van der Waals surface area (Å²) < 4.78 is 11.6. The molecule has 6 heteroatoms. The minimum Gasteiger partial charge on any atom is -0.438 e. The molecule has 35 heavy (non-hydrogen) atoms. The Kier molecular flexibility index (Phi) is 7.00. The summed E-state index contributed by atoms with van der Waals surface area (Å²) in [4.78, 5) is 23.6. The van der Waals surface area contributed by atoms with Gasteiger partial charge in [-0.2, -0.15) is 0 Å². The Balaban J connectivity index is 1.25. The Morgan fingerprint density at radius 2 is 1.63 bits per heavy atom. The first-order chi connectivity index (χ1) is 17.2. The van der Waals surface area contributed by atoms with Gasteiger partial charge in [-0.1, -0.05) is 42.5 Å². The quantitative estimate of drug-likeness (QED) is 0.346. The highest BCUT2D eigenvalue weighted by Crippen LogP contribution is 2.30. The second kappa shape index (κ2) is 10.7. The third-order valence-electron chi connectivity index (χ3n) is 6.51. The maximum atomic E-state index is 12.4. The fourth-order valence-corrected chi connectivity index (χ4v) is 4.55. The molecule has 0 radical (unpaired) electrons. The molecular weight excluding hydrogens is 438 g/mol. The molecule has 0 unspecified atom stereocenters. The molecular formula is C29H29N3O3. The zero-order chi connectivity index (χ0) is 24.0. The van der Waals surface area contributed by atoms with Gasteiger partial charge >= 0.3 is 0 Å². The van der Waals surface area contributed by atoms with Gasteiger partial charge in [0.2, 0.25) is 5.88 Å². The second-order valence-corrected chi connectivity index (χ2v) is 8.93. The first-order valence-electron chi connectivity index (χ1n) is 12.0. The van der Waals surface area contributed by atoms with E-state index < -0.39 is 0 Å². The number of nitrogens with zero attached hydrogens (tertiary/aromatic N) is 3. The van der Waals surface area contributed by atoms with Crippen LogP contribution in [0.4, 0.5) is 5.69 Å². The summed E-state index contributed by atoms with van der Waals surface area (Å²) >= 11 is 0. The van der Waals surface area contributed by atoms with Gasteiger partial charge in [-0.05, 0) is 54.3 Å². The number of methoxy groups -OCH3 is 1. The normalized spacial score (nSPS) is 14.3. The molecule has 0 saturated carbocycles. The highest BCUT2D eigenvalue weighted by atomic mass is 16.5. The van der Waals surface area contributed by atoms with E-state index in [1.165, 1.54) is 6.33 Å². The zero-order valence-electron chi connectivity index (χ0n) is 19.9. The van der Waals surface area contributed by atoms with Gasteiger partial charge in [-0.3, -0.25) is 4.79 Å². The largest absolute Gasteiger partial charge is 0.438 e. The Morgan fingerprint density at radius 3 is 2.34 bits per heavy atom. The fraction of sp³-hybridized carbons (Fsp3) is 0.276. The van der Waals surface area contributed by atoms with E-state index >= 15 is 0 Å². The molecule has 1 fully saturated rings. The summed E-state index contributed by atoms with van der Waals surface area (Å²) in [6.45, 7) is 1.94. The Labute approximate surface area is 205 Å². The molecule has 6 nitrogen and oxygen atoms in total. The van der Waals surface area contributed by atoms with Crippen LogP contribution in [0.25, 0.3) is 10.9 Å². The highest BCUT2D eigenvalue weighted by Gasteiger charge is 2.19. The van der Waals surface area contributed by atoms with E-state index in [9.17, 15) is 4.79 Å². The predicted molar refractivity (Wildman–Crippen MR) is 137 cm³/mol. The summed E-state index contributed by atoms with van der Waals surface area (Å²) in [5.74, 6) is 1.39. The molecule has 1 aliphatic heterocycles. The van der Waals surface area contributed by atoms with E-state index in [0.717, 1.165) is 53.6 Å². The smallest absolute Gasteiger partial charge is 0.230 e. The molecule has 1 aliphatic rings. The molecule has 0 atom stereocenters. The van der Waals surface area contributed by atoms with Crippen molar-refractivity contribution in [2.45, 2.75) is 31.8 Å². The van der Waals surface area contributed by atoms with Crippen LogP contribution in [-0.2, 0) is 22.4 Å². The summed E-state index contributed by atoms with van der Waals surface area (Å²) in [6, 6.07) is 23.7. The second-order valence-electron chi connectivity index (χ2n) is 8.93. The van der Waals surface area contributed by atoms with Crippen LogP contribution in [0.5, 0.6) is 11.6 Å². The lowest BCUT2D eigenvalue weighted by molar-refractivity contribution is -0.117. The number of anilines is 1. The number of ketones is 1. The summed E-state index contributed by atoms with van der Waals surface area (Å²) in [5, 5.41) is 0.866. The lowest BCUT2D eigenvalue weighted by Crippen LogP contribution is -2.36. The van der Waals surface area contributed by atoms with Gasteiger partial charge in [0.05, 0.1) is 17.0 Å². The number of ether oxygens (including phenoxy) is 2. The topological polar surface area (TPSA) is 64.6 Å². The van der Waals surface area contributed by atoms with Crippen LogP contribution in [0.2, 0.25) is 0 Å². The van der Waals surface area contributed by atoms with Crippen molar-refractivity contribution < 1.29 is 14.3 Å². The van der Waals surface area contributed by atoms with E-state index in [1.54, 1.807) is 7.11 Å². The molecule has 178 valence electrons. The van der Waals surface area contributed by atoms with Crippen LogP contribution >= 0.6 is 0 Å². The van der Waals surface area contributed by atoms with E-state index in [4.69, 9.17) is 9.47 Å². The number of benzene rings is 3. The number of carbonyl (C=O) groups is 1. The van der Waals surface area contributed by atoms with Crippen LogP contribution in [-0.4, -0.2) is 42.1 Å². The molecule has 1 saturated heterocycles. The van der Waals surface area contributed by atoms with Gasteiger partial charge < -0.3 is 14.4 Å². The van der Waals surface area contributed by atoms with Gasteiger partial charge in [-0.15, -0.1) is 0 Å². The first kappa shape index (κ1) is 23.0. The number of piperidine rings is 1. The third kappa shape index (κ3) is 5.66. The van der Waals surface area contributed by atoms with Crippen molar-refractivity contribution in [3.05, 3.63) is 90.3 Å². The summed E-state index contributed by atoms with van der Waals surface area (Å²) in [7, 11) is 1.79. The van der Waals surface area contributed by atoms with Crippen molar-refractivity contribution in [2.75, 3.05) is 25.1 Å². The third-order valence-corrected chi connectivity index (χ3v) is 6.51. The fourth-order valence-electron chi connectivity index (χ4n) is 4.55. The van der Waals surface area contributed by atoms with Gasteiger partial charge in [0.25, 0.3) is 0 Å². The van der Waals surface area contributed by atoms with Crippen molar-refractivity contribution in [3.63, 3.8) is 0 Å². The Bertz CT molecular complexity index is 1280. The number of aromatic nitrogens is 2. The molecule has 0 bridgehead atoms. The summed E-state index contributed by atoms with van der Waals surface area (Å²) in [6.07, 6.45) is 4.78. The number of fused-ring (bicyclic) bond motifs is 1. The standard InChI is InChI=1S/C29H29N3O3/c1-34-25-13-15-32(16-14-25)23-9-12-27-28(19-23)30-20-31-29(27)35-26-10-7-22(8-11-26)18-24(33)17-21-5-3-2-4-6-21/h2-12,19-20,25H,13-18H2,1H3. The SMILES string of the molecule is COC1CCN(c2ccc3c(Oc4ccc(CC(=O)Cc5ccccc5)cc4)ncnc3c2)CC1. The molecule has 0 aliphatic carbocycles. The molecule has 5 rings (SSSR count). The number of hydrogen-bond acceptors (Lipinski definition) is 6. The van der Waals surface area contributed by atoms with E-state index in [-0.39, 0.29) is 5.78 Å². The maximum Gasteiger partial charge on any atom is 0.230 e. The van der Waals surface area contributed by atoms with Crippen molar-refractivity contribution >= 4 is 22.4 Å². The average molecular weight is 468 g/mol. The molecule has 0 amide bonds. The number of rotatable bonds is 8. The average Bonchev–Trinajstić information content (AvgIpc) is 2.90. The molecule has 0 spiro atoms. The van der Waals surface area contributed by atoms with Gasteiger partial charge in [0.1, 0.15) is 17.9 Å². The number of carbonyl (C=O) groups excluding carboxylic acids is 1. The van der Waals surface area contributed by atoms with Crippen LogP contribution in [0, 0.1) is 0 Å². The highest BCUT2D eigenvalue weighted by molar-refractivity contribution is 5.86. The molecule has 2 heterocycles. The molecule has 3 aromatic carbocycles. The van der Waals surface area contributed by atoms with Crippen molar-refractivity contribution in [2.24, 2.45) is 0 Å². The van der Waals surface area contributed by atoms with Gasteiger partial charge in [0, 0.05) is 38.7 Å². The minimum atomic E-state index is 0.189. The van der Waals surface area contributed by atoms with Crippen LogP contribution in [0.1, 0.15) is 24.0 Å². The van der Waals surface area contributed by atoms with Crippen molar-refractivity contribution in [1.82, 2.24) is 9.97 Å². The molecule has 4 aromatic rings. The monoisotopic (exact) mass is 467 g/mol. The number of Topliss-reactive ketones (excluding diaryl/α,β-unsaturated/α-hetero) is 1. The first-order valence-corrected chi connectivity index (χ1v) is 12.0. The van der Waals surface area contributed by atoms with E-state index in [2.05, 4.69) is 27.0 Å². The predicted octanol–water partition coefficient (Wildman–Crippen LogP) is 5.39. The van der Waals surface area contributed by atoms with Crippen molar-refractivity contribution in [3.8, 4) is 11.6 Å². The number of hydrogen-bond donors (Lipinski definition) is 0. The lowest BCUT2D eigenvalue weighted by Gasteiger charge is -2.33. The minimum absolute atomic E-state index is 0.189. The van der Waals surface area contributed by atoms with Crippen LogP contribution < -0.4 is 9.64 Å². The lowest BCUT2D eigenvalue weighted by atomic mass is 10.0. The van der Waals surface area contributed by atoms with E-state index in [1.807, 2.05) is 60.7 Å². The van der Waals surface area contributed by atoms with Crippen molar-refractivity contribution in [1.29, 1.82) is 0 Å². The zero-order valence-corrected chi connectivity index (χ0v) is 19.9. The van der Waals surface area contributed by atoms with Gasteiger partial charge in [-0.25, -0.2) is 9.97 Å². The Hall–Kier alpha value is -3.77.